The van der Waals surface area contributed by atoms with Crippen molar-refractivity contribution in [3.05, 3.63) is 24.3 Å². The fraction of sp³-hybridized carbons (Fsp3) is 0.357. The number of amides is 2. The summed E-state index contributed by atoms with van der Waals surface area (Å²) >= 11 is 22.7. The molecule has 0 aromatic heterocycles. The molecule has 6 nitrogen and oxygen atoms in total. The highest BCUT2D eigenvalue weighted by atomic mass is 35.6. The second-order valence-electron chi connectivity index (χ2n) is 4.75. The maximum atomic E-state index is 11.5. The Hall–Kier alpha value is -1.28. The molecule has 24 heavy (non-hydrogen) atoms. The van der Waals surface area contributed by atoms with Gasteiger partial charge in [-0.2, -0.15) is 0 Å². The van der Waals surface area contributed by atoms with Crippen LogP contribution in [-0.4, -0.2) is 26.9 Å². The molecular weight excluding hydrogens is 395 g/mol. The van der Waals surface area contributed by atoms with E-state index in [9.17, 15) is 9.59 Å². The standard InChI is InChI=1S/C14H17Cl3N4O2S/c1-3-11(23)20-12(14(15,16)17)21-13(24)19-10-6-4-9(5-7-10)18-8(2)22/h4-7,12H,3H2,1-2H3,(H,18,22)(H,20,23)(H2,19,21,24). The summed E-state index contributed by atoms with van der Waals surface area (Å²) in [7, 11) is 0. The van der Waals surface area contributed by atoms with Crippen LogP contribution in [0.2, 0.25) is 0 Å². The summed E-state index contributed by atoms with van der Waals surface area (Å²) in [6.07, 6.45) is -0.752. The van der Waals surface area contributed by atoms with Crippen molar-refractivity contribution in [2.24, 2.45) is 0 Å². The molecule has 0 heterocycles. The van der Waals surface area contributed by atoms with E-state index in [0.717, 1.165) is 0 Å². The molecule has 0 aliphatic heterocycles. The van der Waals surface area contributed by atoms with Crippen molar-refractivity contribution in [3.63, 3.8) is 0 Å². The normalized spacial score (nSPS) is 12.0. The Kier molecular flexibility index (Phi) is 8.02. The summed E-state index contributed by atoms with van der Waals surface area (Å²) in [6, 6.07) is 6.84. The molecule has 0 saturated heterocycles. The molecule has 10 heteroatoms. The second kappa shape index (κ2) is 9.27. The van der Waals surface area contributed by atoms with E-state index >= 15 is 0 Å². The highest BCUT2D eigenvalue weighted by molar-refractivity contribution is 7.80. The first-order valence-electron chi connectivity index (χ1n) is 6.93. The number of hydrogen-bond acceptors (Lipinski definition) is 3. The summed E-state index contributed by atoms with van der Waals surface area (Å²) in [6.45, 7) is 3.10. The lowest BCUT2D eigenvalue weighted by Crippen LogP contribution is -2.56. The zero-order chi connectivity index (χ0) is 18.3. The van der Waals surface area contributed by atoms with Crippen molar-refractivity contribution < 1.29 is 9.59 Å². The third-order valence-electron chi connectivity index (χ3n) is 2.69. The number of alkyl halides is 3. The van der Waals surface area contributed by atoms with Gasteiger partial charge in [0.05, 0.1) is 0 Å². The van der Waals surface area contributed by atoms with Gasteiger partial charge in [0.2, 0.25) is 15.6 Å². The summed E-state index contributed by atoms with van der Waals surface area (Å²) in [5.74, 6) is -0.452. The number of anilines is 2. The van der Waals surface area contributed by atoms with Crippen molar-refractivity contribution >= 4 is 75.3 Å². The summed E-state index contributed by atoms with van der Waals surface area (Å²) in [4.78, 5) is 22.5. The monoisotopic (exact) mass is 410 g/mol. The molecule has 0 bridgehead atoms. The number of rotatable bonds is 5. The van der Waals surface area contributed by atoms with Crippen LogP contribution in [0.25, 0.3) is 0 Å². The maximum absolute atomic E-state index is 11.5. The quantitative estimate of drug-likeness (QED) is 0.340. The lowest BCUT2D eigenvalue weighted by atomic mass is 10.3. The van der Waals surface area contributed by atoms with E-state index in [2.05, 4.69) is 21.3 Å². The van der Waals surface area contributed by atoms with Crippen LogP contribution in [0.15, 0.2) is 24.3 Å². The smallest absolute Gasteiger partial charge is 0.228 e. The Morgan fingerprint density at radius 3 is 2.00 bits per heavy atom. The Labute approximate surface area is 160 Å². The van der Waals surface area contributed by atoms with Crippen LogP contribution < -0.4 is 21.3 Å². The fourth-order valence-corrected chi connectivity index (χ4v) is 2.16. The van der Waals surface area contributed by atoms with Crippen molar-refractivity contribution in [3.8, 4) is 0 Å². The van der Waals surface area contributed by atoms with E-state index in [-0.39, 0.29) is 23.3 Å². The Morgan fingerprint density at radius 1 is 1.08 bits per heavy atom. The van der Waals surface area contributed by atoms with Crippen LogP contribution in [0.4, 0.5) is 11.4 Å². The SMILES string of the molecule is CCC(=O)NC(NC(=S)Nc1ccc(NC(C)=O)cc1)C(Cl)(Cl)Cl. The van der Waals surface area contributed by atoms with Crippen LogP contribution in [0.3, 0.4) is 0 Å². The van der Waals surface area contributed by atoms with Gasteiger partial charge in [0.1, 0.15) is 6.17 Å². The van der Waals surface area contributed by atoms with E-state index in [0.29, 0.717) is 11.4 Å². The van der Waals surface area contributed by atoms with E-state index in [1.54, 1.807) is 31.2 Å². The number of halogens is 3. The number of hydrogen-bond donors (Lipinski definition) is 4. The van der Waals surface area contributed by atoms with Gasteiger partial charge in [-0.15, -0.1) is 0 Å². The molecule has 0 aliphatic carbocycles. The van der Waals surface area contributed by atoms with Crippen LogP contribution in [0, 0.1) is 0 Å². The molecule has 2 amide bonds. The van der Waals surface area contributed by atoms with Gasteiger partial charge in [0.15, 0.2) is 5.11 Å². The molecule has 0 saturated carbocycles. The first-order chi connectivity index (χ1) is 11.1. The summed E-state index contributed by atoms with van der Waals surface area (Å²) < 4.78 is -1.79. The van der Waals surface area contributed by atoms with Crippen LogP contribution in [0.1, 0.15) is 20.3 Å². The number of carbonyl (C=O) groups excluding carboxylic acids is 2. The summed E-state index contributed by atoms with van der Waals surface area (Å²) in [5.41, 5.74) is 1.31. The largest absolute Gasteiger partial charge is 0.339 e. The van der Waals surface area contributed by atoms with Crippen molar-refractivity contribution in [1.29, 1.82) is 0 Å². The second-order valence-corrected chi connectivity index (χ2v) is 7.53. The molecule has 0 aliphatic rings. The van der Waals surface area contributed by atoms with Gasteiger partial charge in [-0.3, -0.25) is 9.59 Å². The number of nitrogens with one attached hydrogen (secondary N) is 4. The molecule has 1 atom stereocenters. The first kappa shape index (κ1) is 20.8. The molecule has 132 valence electrons. The minimum absolute atomic E-state index is 0.162. The average Bonchev–Trinajstić information content (AvgIpc) is 2.47. The highest BCUT2D eigenvalue weighted by Crippen LogP contribution is 2.29. The highest BCUT2D eigenvalue weighted by Gasteiger charge is 2.34. The predicted molar refractivity (Wildman–Crippen MR) is 103 cm³/mol. The Morgan fingerprint density at radius 2 is 1.58 bits per heavy atom. The summed E-state index contributed by atoms with van der Waals surface area (Å²) in [5, 5.41) is 11.0. The van der Waals surface area contributed by atoms with Crippen molar-refractivity contribution in [1.82, 2.24) is 10.6 Å². The molecule has 1 rings (SSSR count). The van der Waals surface area contributed by atoms with Gasteiger partial charge in [-0.25, -0.2) is 0 Å². The molecule has 1 aromatic carbocycles. The van der Waals surface area contributed by atoms with Crippen LogP contribution in [-0.2, 0) is 9.59 Å². The Balaban J connectivity index is 2.68. The third kappa shape index (κ3) is 7.53. The fourth-order valence-electron chi connectivity index (χ4n) is 1.60. The van der Waals surface area contributed by atoms with Gasteiger partial charge in [-0.05, 0) is 36.5 Å². The minimum Gasteiger partial charge on any atom is -0.339 e. The Bertz CT molecular complexity index is 605. The molecule has 0 radical (unpaired) electrons. The van der Waals surface area contributed by atoms with Gasteiger partial charge < -0.3 is 21.3 Å². The maximum Gasteiger partial charge on any atom is 0.228 e. The predicted octanol–water partition coefficient (Wildman–Crippen LogP) is 3.15. The van der Waals surface area contributed by atoms with E-state index in [4.69, 9.17) is 47.0 Å². The van der Waals surface area contributed by atoms with E-state index in [1.807, 2.05) is 0 Å². The molecule has 4 N–H and O–H groups in total. The first-order valence-corrected chi connectivity index (χ1v) is 8.47. The zero-order valence-electron chi connectivity index (χ0n) is 13.0. The molecule has 0 fully saturated rings. The van der Waals surface area contributed by atoms with Gasteiger partial charge in [0.25, 0.3) is 0 Å². The molecule has 1 unspecified atom stereocenters. The molecule has 1 aromatic rings. The van der Waals surface area contributed by atoms with Crippen LogP contribution >= 0.6 is 47.0 Å². The lowest BCUT2D eigenvalue weighted by Gasteiger charge is -2.27. The van der Waals surface area contributed by atoms with Crippen molar-refractivity contribution in [2.75, 3.05) is 10.6 Å². The minimum atomic E-state index is -1.79. The zero-order valence-corrected chi connectivity index (χ0v) is 16.0. The van der Waals surface area contributed by atoms with E-state index in [1.165, 1.54) is 6.92 Å². The topological polar surface area (TPSA) is 82.3 Å². The molecule has 0 spiro atoms. The lowest BCUT2D eigenvalue weighted by molar-refractivity contribution is -0.121. The van der Waals surface area contributed by atoms with Gasteiger partial charge in [0, 0.05) is 24.7 Å². The van der Waals surface area contributed by atoms with E-state index < -0.39 is 9.96 Å². The van der Waals surface area contributed by atoms with Crippen LogP contribution in [0.5, 0.6) is 0 Å². The van der Waals surface area contributed by atoms with Crippen molar-refractivity contribution in [2.45, 2.75) is 30.2 Å². The number of benzene rings is 1. The van der Waals surface area contributed by atoms with Gasteiger partial charge in [-0.1, -0.05) is 41.7 Å². The number of thiocarbonyl (C=S) groups is 1. The number of carbonyl (C=O) groups is 2. The average molecular weight is 412 g/mol. The third-order valence-corrected chi connectivity index (χ3v) is 3.57. The van der Waals surface area contributed by atoms with Gasteiger partial charge >= 0.3 is 0 Å². The molecular formula is C14H17Cl3N4O2S.